The van der Waals surface area contributed by atoms with Gasteiger partial charge in [0.2, 0.25) is 5.90 Å². The molecule has 0 aliphatic carbocycles. The largest absolute Gasteiger partial charge is 0.493 e. The minimum Gasteiger partial charge on any atom is -0.493 e. The monoisotopic (exact) mass is 359 g/mol. The number of methoxy groups -OCH3 is 1. The molecule has 4 nitrogen and oxygen atoms in total. The molecule has 0 aromatic heterocycles. The third kappa shape index (κ3) is 5.22. The van der Waals surface area contributed by atoms with Gasteiger partial charge >= 0.3 is 0 Å². The van der Waals surface area contributed by atoms with Crippen molar-refractivity contribution in [2.45, 2.75) is 6.92 Å². The van der Waals surface area contributed by atoms with Crippen molar-refractivity contribution in [3.05, 3.63) is 96.8 Å². The van der Waals surface area contributed by atoms with E-state index in [2.05, 4.69) is 4.99 Å². The van der Waals surface area contributed by atoms with E-state index in [0.29, 0.717) is 23.1 Å². The zero-order valence-corrected chi connectivity index (χ0v) is 15.3. The van der Waals surface area contributed by atoms with Gasteiger partial charge in [0.25, 0.3) is 0 Å². The number of ether oxygens (including phenoxy) is 3. The minimum atomic E-state index is 0.460. The summed E-state index contributed by atoms with van der Waals surface area (Å²) >= 11 is 0. The summed E-state index contributed by atoms with van der Waals surface area (Å²) in [6.07, 6.45) is 1.61. The Morgan fingerprint density at radius 1 is 0.778 bits per heavy atom. The average molecular weight is 359 g/mol. The van der Waals surface area contributed by atoms with Crippen LogP contribution in [0.4, 0.5) is 5.69 Å². The van der Waals surface area contributed by atoms with Crippen LogP contribution < -0.4 is 14.2 Å². The Morgan fingerprint density at radius 2 is 1.37 bits per heavy atom. The van der Waals surface area contributed by atoms with Gasteiger partial charge in [0, 0.05) is 5.57 Å². The van der Waals surface area contributed by atoms with E-state index < -0.39 is 0 Å². The van der Waals surface area contributed by atoms with E-state index in [1.165, 1.54) is 0 Å². The molecule has 0 N–H and O–H groups in total. The molecule has 0 bridgehead atoms. The van der Waals surface area contributed by atoms with E-state index in [0.717, 1.165) is 11.3 Å². The highest BCUT2D eigenvalue weighted by molar-refractivity contribution is 5.96. The molecule has 3 aromatic rings. The van der Waals surface area contributed by atoms with Gasteiger partial charge in [-0.25, -0.2) is 4.99 Å². The highest BCUT2D eigenvalue weighted by atomic mass is 16.5. The maximum atomic E-state index is 6.00. The van der Waals surface area contributed by atoms with E-state index in [4.69, 9.17) is 14.2 Å². The van der Waals surface area contributed by atoms with Crippen LogP contribution in [0.5, 0.6) is 17.2 Å². The number of nitrogens with zero attached hydrogens (tertiary/aromatic N) is 1. The second-order valence-electron chi connectivity index (χ2n) is 5.74. The smallest absolute Gasteiger partial charge is 0.225 e. The fourth-order valence-electron chi connectivity index (χ4n) is 2.33. The van der Waals surface area contributed by atoms with Crippen LogP contribution >= 0.6 is 0 Å². The minimum absolute atomic E-state index is 0.460. The van der Waals surface area contributed by atoms with E-state index in [1.807, 2.05) is 91.9 Å². The van der Waals surface area contributed by atoms with E-state index in [9.17, 15) is 0 Å². The van der Waals surface area contributed by atoms with Crippen molar-refractivity contribution in [1.29, 1.82) is 0 Å². The van der Waals surface area contributed by atoms with Crippen LogP contribution in [0.25, 0.3) is 0 Å². The summed E-state index contributed by atoms with van der Waals surface area (Å²) in [7, 11) is 1.61. The number of para-hydroxylation sites is 4. The van der Waals surface area contributed by atoms with E-state index in [-0.39, 0.29) is 0 Å². The van der Waals surface area contributed by atoms with E-state index >= 15 is 0 Å². The standard InChI is InChI=1S/C23H21NO3/c1-18(17-26-22-16-10-9-15-21(22)25-2)23(24-19-11-5-3-6-12-19)27-20-13-7-4-8-14-20/h3-17H,1-2H3. The van der Waals surface area contributed by atoms with Crippen LogP contribution in [-0.4, -0.2) is 13.0 Å². The van der Waals surface area contributed by atoms with Crippen molar-refractivity contribution in [2.75, 3.05) is 7.11 Å². The Hall–Kier alpha value is -3.53. The highest BCUT2D eigenvalue weighted by Crippen LogP contribution is 2.26. The first-order chi connectivity index (χ1) is 13.3. The van der Waals surface area contributed by atoms with Crippen molar-refractivity contribution in [1.82, 2.24) is 0 Å². The first-order valence-corrected chi connectivity index (χ1v) is 8.60. The van der Waals surface area contributed by atoms with Crippen LogP contribution in [0, 0.1) is 0 Å². The normalized spacial score (nSPS) is 11.8. The quantitative estimate of drug-likeness (QED) is 0.318. The number of hydrogen-bond donors (Lipinski definition) is 0. The van der Waals surface area contributed by atoms with Crippen molar-refractivity contribution >= 4 is 11.6 Å². The Kier molecular flexibility index (Phi) is 6.26. The Labute approximate surface area is 159 Å². The summed E-state index contributed by atoms with van der Waals surface area (Å²) in [5, 5.41) is 0. The molecule has 0 aliphatic rings. The highest BCUT2D eigenvalue weighted by Gasteiger charge is 2.08. The molecule has 0 heterocycles. The van der Waals surface area contributed by atoms with Gasteiger partial charge < -0.3 is 14.2 Å². The fourth-order valence-corrected chi connectivity index (χ4v) is 2.33. The lowest BCUT2D eigenvalue weighted by atomic mass is 10.3. The third-order valence-electron chi connectivity index (χ3n) is 3.71. The number of rotatable bonds is 6. The predicted octanol–water partition coefficient (Wildman–Crippen LogP) is 5.79. The Morgan fingerprint density at radius 3 is 2.04 bits per heavy atom. The lowest BCUT2D eigenvalue weighted by Gasteiger charge is -2.11. The summed E-state index contributed by atoms with van der Waals surface area (Å²) in [5.41, 5.74) is 1.54. The summed E-state index contributed by atoms with van der Waals surface area (Å²) in [5.74, 6) is 2.45. The number of aliphatic imine (C=N–C) groups is 1. The Balaban J connectivity index is 1.88. The van der Waals surface area contributed by atoms with Gasteiger partial charge in [0.05, 0.1) is 19.1 Å². The molecule has 0 atom stereocenters. The molecular weight excluding hydrogens is 338 g/mol. The van der Waals surface area contributed by atoms with Crippen molar-refractivity contribution in [2.24, 2.45) is 4.99 Å². The molecule has 0 spiro atoms. The second-order valence-corrected chi connectivity index (χ2v) is 5.74. The molecule has 3 aromatic carbocycles. The van der Waals surface area contributed by atoms with Crippen molar-refractivity contribution in [3.8, 4) is 17.2 Å². The maximum absolute atomic E-state index is 6.00. The summed E-state index contributed by atoms with van der Waals surface area (Å²) in [6.45, 7) is 1.89. The van der Waals surface area contributed by atoms with Gasteiger partial charge in [0.1, 0.15) is 5.75 Å². The van der Waals surface area contributed by atoms with Gasteiger partial charge in [-0.3, -0.25) is 0 Å². The fraction of sp³-hybridized carbons (Fsp3) is 0.0870. The molecule has 27 heavy (non-hydrogen) atoms. The molecule has 0 saturated carbocycles. The molecule has 136 valence electrons. The average Bonchev–Trinajstić information content (AvgIpc) is 2.73. The molecule has 4 heteroatoms. The van der Waals surface area contributed by atoms with Gasteiger partial charge in [-0.2, -0.15) is 0 Å². The number of benzene rings is 3. The topological polar surface area (TPSA) is 40.0 Å². The number of hydrogen-bond acceptors (Lipinski definition) is 4. The summed E-state index contributed by atoms with van der Waals surface area (Å²) < 4.78 is 17.1. The predicted molar refractivity (Wildman–Crippen MR) is 108 cm³/mol. The van der Waals surface area contributed by atoms with Gasteiger partial charge in [-0.15, -0.1) is 0 Å². The molecular formula is C23H21NO3. The van der Waals surface area contributed by atoms with Crippen LogP contribution in [0.3, 0.4) is 0 Å². The molecule has 0 radical (unpaired) electrons. The van der Waals surface area contributed by atoms with Crippen molar-refractivity contribution in [3.63, 3.8) is 0 Å². The SMILES string of the molecule is COc1ccccc1OC=C(C)C(=Nc1ccccc1)Oc1ccccc1. The lowest BCUT2D eigenvalue weighted by Crippen LogP contribution is -2.10. The van der Waals surface area contributed by atoms with Gasteiger partial charge in [0.15, 0.2) is 11.5 Å². The summed E-state index contributed by atoms with van der Waals surface area (Å²) in [6, 6.07) is 26.7. The summed E-state index contributed by atoms with van der Waals surface area (Å²) in [4.78, 5) is 4.62. The van der Waals surface area contributed by atoms with Crippen LogP contribution in [0.15, 0.2) is 102 Å². The lowest BCUT2D eigenvalue weighted by molar-refractivity contribution is 0.377. The zero-order chi connectivity index (χ0) is 18.9. The third-order valence-corrected chi connectivity index (χ3v) is 3.71. The van der Waals surface area contributed by atoms with E-state index in [1.54, 1.807) is 13.4 Å². The van der Waals surface area contributed by atoms with Crippen LogP contribution in [0.1, 0.15) is 6.92 Å². The molecule has 0 saturated heterocycles. The second kappa shape index (κ2) is 9.25. The maximum Gasteiger partial charge on any atom is 0.225 e. The molecule has 0 unspecified atom stereocenters. The Bertz CT molecular complexity index is 919. The first-order valence-electron chi connectivity index (χ1n) is 8.60. The zero-order valence-electron chi connectivity index (χ0n) is 15.3. The molecule has 0 amide bonds. The molecule has 0 aliphatic heterocycles. The van der Waals surface area contributed by atoms with Gasteiger partial charge in [-0.1, -0.05) is 48.5 Å². The van der Waals surface area contributed by atoms with Gasteiger partial charge in [-0.05, 0) is 43.3 Å². The molecule has 3 rings (SSSR count). The van der Waals surface area contributed by atoms with Crippen LogP contribution in [-0.2, 0) is 0 Å². The van der Waals surface area contributed by atoms with Crippen molar-refractivity contribution < 1.29 is 14.2 Å². The molecule has 0 fully saturated rings. The first kappa shape index (κ1) is 18.3. The van der Waals surface area contributed by atoms with Crippen LogP contribution in [0.2, 0.25) is 0 Å².